The lowest BCUT2D eigenvalue weighted by Crippen LogP contribution is -2.23. The summed E-state index contributed by atoms with van der Waals surface area (Å²) < 4.78 is 26.9. The van der Waals surface area contributed by atoms with Crippen LogP contribution in [0.3, 0.4) is 0 Å². The van der Waals surface area contributed by atoms with E-state index in [2.05, 4.69) is 15.3 Å². The minimum absolute atomic E-state index is 0.162. The second-order valence-electron chi connectivity index (χ2n) is 3.81. The molecule has 0 aliphatic heterocycles. The fourth-order valence-electron chi connectivity index (χ4n) is 1.20. The van der Waals surface area contributed by atoms with E-state index >= 15 is 0 Å². The van der Waals surface area contributed by atoms with Crippen LogP contribution in [0.5, 0.6) is 5.88 Å². The summed E-state index contributed by atoms with van der Waals surface area (Å²) in [6.45, 7) is 4.55. The van der Waals surface area contributed by atoms with Crippen molar-refractivity contribution in [3.63, 3.8) is 0 Å². The van der Waals surface area contributed by atoms with Crippen molar-refractivity contribution in [2.75, 3.05) is 24.2 Å². The Kier molecular flexibility index (Phi) is 5.29. The first-order chi connectivity index (χ1) is 8.40. The Morgan fingerprint density at radius 2 is 2.17 bits per heavy atom. The molecule has 0 aliphatic rings. The third-order valence-electron chi connectivity index (χ3n) is 1.95. The van der Waals surface area contributed by atoms with Crippen LogP contribution in [0.15, 0.2) is 6.07 Å². The molecule has 0 saturated heterocycles. The molecule has 1 aromatic heterocycles. The molecule has 0 spiro atoms. The smallest absolute Gasteiger partial charge is 0.226 e. The number of ether oxygens (including phenoxy) is 1. The summed E-state index contributed by atoms with van der Waals surface area (Å²) in [5.74, 6) is 0.641. The highest BCUT2D eigenvalue weighted by atomic mass is 32.2. The topological polar surface area (TPSA) is 107 Å². The van der Waals surface area contributed by atoms with Crippen LogP contribution in [0, 0.1) is 6.92 Å². The van der Waals surface area contributed by atoms with Gasteiger partial charge in [0.05, 0.1) is 12.4 Å². The number of rotatable bonds is 7. The van der Waals surface area contributed by atoms with Crippen LogP contribution < -0.4 is 15.2 Å². The zero-order chi connectivity index (χ0) is 13.6. The number of nitrogens with zero attached hydrogens (tertiary/aromatic N) is 2. The standard InChI is InChI=1S/C10H18N4O3S/c1-3-5-17-9-7-8(2)13-10(14-9)12-4-6-18(11,15)16/h7H,3-6H2,1-2H3,(H2,11,15,16)(H,12,13,14). The van der Waals surface area contributed by atoms with E-state index in [1.54, 1.807) is 6.07 Å². The lowest BCUT2D eigenvalue weighted by atomic mass is 10.4. The summed E-state index contributed by atoms with van der Waals surface area (Å²) in [7, 11) is -3.48. The number of aryl methyl sites for hydroxylation is 1. The van der Waals surface area contributed by atoms with Crippen molar-refractivity contribution in [2.45, 2.75) is 20.3 Å². The molecule has 0 amide bonds. The summed E-state index contributed by atoms with van der Waals surface area (Å²) >= 11 is 0. The van der Waals surface area contributed by atoms with Crippen LogP contribution in [-0.2, 0) is 10.0 Å². The van der Waals surface area contributed by atoms with E-state index in [1.165, 1.54) is 0 Å². The first-order valence-corrected chi connectivity index (χ1v) is 7.35. The molecule has 3 N–H and O–H groups in total. The molecule has 0 radical (unpaired) electrons. The molecule has 102 valence electrons. The van der Waals surface area contributed by atoms with Gasteiger partial charge >= 0.3 is 0 Å². The van der Waals surface area contributed by atoms with E-state index < -0.39 is 10.0 Å². The van der Waals surface area contributed by atoms with Gasteiger partial charge in [-0.3, -0.25) is 0 Å². The first-order valence-electron chi connectivity index (χ1n) is 5.63. The van der Waals surface area contributed by atoms with E-state index in [-0.39, 0.29) is 12.3 Å². The SMILES string of the molecule is CCCOc1cc(C)nc(NCCS(N)(=O)=O)n1. The average molecular weight is 274 g/mol. The molecular formula is C10H18N4O3S. The molecule has 0 fully saturated rings. The Morgan fingerprint density at radius 3 is 2.78 bits per heavy atom. The van der Waals surface area contributed by atoms with E-state index in [4.69, 9.17) is 9.88 Å². The molecule has 0 aromatic carbocycles. The Hall–Kier alpha value is -1.41. The highest BCUT2D eigenvalue weighted by Gasteiger charge is 2.05. The van der Waals surface area contributed by atoms with Crippen LogP contribution in [0.25, 0.3) is 0 Å². The van der Waals surface area contributed by atoms with Gasteiger partial charge in [0.25, 0.3) is 0 Å². The normalized spacial score (nSPS) is 11.3. The summed E-state index contributed by atoms with van der Waals surface area (Å²) in [4.78, 5) is 8.23. The van der Waals surface area contributed by atoms with Crippen LogP contribution in [0.4, 0.5) is 5.95 Å². The van der Waals surface area contributed by atoms with Gasteiger partial charge in [-0.1, -0.05) is 6.92 Å². The van der Waals surface area contributed by atoms with Gasteiger partial charge in [0, 0.05) is 18.3 Å². The van der Waals surface area contributed by atoms with Gasteiger partial charge in [-0.15, -0.1) is 0 Å². The van der Waals surface area contributed by atoms with Crippen molar-refractivity contribution in [1.29, 1.82) is 0 Å². The van der Waals surface area contributed by atoms with Gasteiger partial charge in [0.1, 0.15) is 0 Å². The van der Waals surface area contributed by atoms with Crippen molar-refractivity contribution in [2.24, 2.45) is 5.14 Å². The fraction of sp³-hybridized carbons (Fsp3) is 0.600. The van der Waals surface area contributed by atoms with Gasteiger partial charge < -0.3 is 10.1 Å². The van der Waals surface area contributed by atoms with E-state index in [0.29, 0.717) is 18.4 Å². The van der Waals surface area contributed by atoms with Crippen molar-refractivity contribution >= 4 is 16.0 Å². The summed E-state index contributed by atoms with van der Waals surface area (Å²) in [6, 6.07) is 1.72. The number of hydrogen-bond donors (Lipinski definition) is 2. The lowest BCUT2D eigenvalue weighted by Gasteiger charge is -2.08. The molecule has 18 heavy (non-hydrogen) atoms. The van der Waals surface area contributed by atoms with Crippen molar-refractivity contribution in [3.05, 3.63) is 11.8 Å². The second kappa shape index (κ2) is 6.50. The highest BCUT2D eigenvalue weighted by Crippen LogP contribution is 2.11. The summed E-state index contributed by atoms with van der Waals surface area (Å²) in [6.07, 6.45) is 0.886. The highest BCUT2D eigenvalue weighted by molar-refractivity contribution is 7.89. The van der Waals surface area contributed by atoms with E-state index in [9.17, 15) is 8.42 Å². The second-order valence-corrected chi connectivity index (χ2v) is 5.55. The predicted octanol–water partition coefficient (Wildman–Crippen LogP) is 0.274. The maximum Gasteiger partial charge on any atom is 0.226 e. The minimum Gasteiger partial charge on any atom is -0.478 e. The molecule has 1 aromatic rings. The van der Waals surface area contributed by atoms with E-state index in [0.717, 1.165) is 12.1 Å². The number of nitrogens with two attached hydrogens (primary N) is 1. The van der Waals surface area contributed by atoms with Crippen LogP contribution in [0.2, 0.25) is 0 Å². The number of hydrogen-bond acceptors (Lipinski definition) is 6. The molecule has 0 bridgehead atoms. The maximum absolute atomic E-state index is 10.8. The van der Waals surface area contributed by atoms with Crippen molar-refractivity contribution in [1.82, 2.24) is 9.97 Å². The molecule has 0 saturated carbocycles. The molecule has 0 unspecified atom stereocenters. The lowest BCUT2D eigenvalue weighted by molar-refractivity contribution is 0.305. The number of primary sulfonamides is 1. The van der Waals surface area contributed by atoms with Crippen molar-refractivity contribution in [3.8, 4) is 5.88 Å². The third-order valence-corrected chi connectivity index (χ3v) is 2.73. The minimum atomic E-state index is -3.48. The Morgan fingerprint density at radius 1 is 1.44 bits per heavy atom. The van der Waals surface area contributed by atoms with E-state index in [1.807, 2.05) is 13.8 Å². The quantitative estimate of drug-likeness (QED) is 0.739. The first kappa shape index (κ1) is 14.7. The molecule has 1 heterocycles. The Labute approximate surface area is 107 Å². The maximum atomic E-state index is 10.8. The van der Waals surface area contributed by atoms with Crippen molar-refractivity contribution < 1.29 is 13.2 Å². The third kappa shape index (κ3) is 5.78. The van der Waals surface area contributed by atoms with Gasteiger partial charge in [-0.2, -0.15) is 4.98 Å². The monoisotopic (exact) mass is 274 g/mol. The van der Waals surface area contributed by atoms with Gasteiger partial charge in [0.15, 0.2) is 0 Å². The van der Waals surface area contributed by atoms with Crippen LogP contribution in [0.1, 0.15) is 19.0 Å². The fourth-order valence-corrected chi connectivity index (χ4v) is 1.59. The molecule has 0 aliphatic carbocycles. The number of sulfonamides is 1. The average Bonchev–Trinajstić information content (AvgIpc) is 2.24. The summed E-state index contributed by atoms with van der Waals surface area (Å²) in [5.41, 5.74) is 0.745. The molecule has 1 rings (SSSR count). The molecule has 0 atom stereocenters. The number of aromatic nitrogens is 2. The molecule has 7 nitrogen and oxygen atoms in total. The van der Waals surface area contributed by atoms with Crippen LogP contribution >= 0.6 is 0 Å². The number of anilines is 1. The Balaban J connectivity index is 2.62. The van der Waals surface area contributed by atoms with Crippen LogP contribution in [-0.4, -0.2) is 37.3 Å². The van der Waals surface area contributed by atoms with Gasteiger partial charge in [-0.25, -0.2) is 18.5 Å². The summed E-state index contributed by atoms with van der Waals surface area (Å²) in [5, 5.41) is 7.69. The zero-order valence-electron chi connectivity index (χ0n) is 10.5. The van der Waals surface area contributed by atoms with Gasteiger partial charge in [-0.05, 0) is 13.3 Å². The zero-order valence-corrected chi connectivity index (χ0v) is 11.3. The molecular weight excluding hydrogens is 256 g/mol. The van der Waals surface area contributed by atoms with Gasteiger partial charge in [0.2, 0.25) is 21.9 Å². The number of nitrogens with one attached hydrogen (secondary N) is 1. The Bertz CT molecular complexity index is 490. The molecule has 8 heteroatoms. The predicted molar refractivity (Wildman–Crippen MR) is 69.0 cm³/mol. The largest absolute Gasteiger partial charge is 0.478 e.